The van der Waals surface area contributed by atoms with Crippen molar-refractivity contribution < 1.29 is 4.79 Å². The summed E-state index contributed by atoms with van der Waals surface area (Å²) in [5, 5.41) is 5.38. The van der Waals surface area contributed by atoms with Crippen molar-refractivity contribution in [3.05, 3.63) is 36.4 Å². The van der Waals surface area contributed by atoms with Crippen LogP contribution in [-0.4, -0.2) is 25.7 Å². The molecule has 4 N–H and O–H groups in total. The first-order chi connectivity index (χ1) is 8.04. The van der Waals surface area contributed by atoms with Crippen LogP contribution in [0.15, 0.2) is 36.4 Å². The third-order valence-corrected chi connectivity index (χ3v) is 1.60. The highest BCUT2D eigenvalue weighted by Gasteiger charge is 1.79. The molecule has 4 nitrogen and oxygen atoms in total. The molecule has 98 valence electrons. The maximum Gasteiger partial charge on any atom is 0.217 e. The summed E-state index contributed by atoms with van der Waals surface area (Å²) >= 11 is 0. The topological polar surface area (TPSA) is 67.2 Å². The van der Waals surface area contributed by atoms with Crippen LogP contribution >= 0.6 is 0 Å². The van der Waals surface area contributed by atoms with E-state index < -0.39 is 0 Å². The maximum absolute atomic E-state index is 9.85. The highest BCUT2D eigenvalue weighted by atomic mass is 16.1. The van der Waals surface area contributed by atoms with Gasteiger partial charge in [-0.2, -0.15) is 0 Å². The minimum Gasteiger partial charge on any atom is -0.344 e. The maximum atomic E-state index is 9.85. The van der Waals surface area contributed by atoms with E-state index in [-0.39, 0.29) is 12.6 Å². The van der Waals surface area contributed by atoms with Crippen LogP contribution in [0.1, 0.15) is 20.8 Å². The largest absolute Gasteiger partial charge is 0.344 e. The molecule has 0 aliphatic carbocycles. The molecule has 0 fully saturated rings. The van der Waals surface area contributed by atoms with Crippen molar-refractivity contribution in [3.8, 4) is 0 Å². The zero-order valence-corrected chi connectivity index (χ0v) is 11.2. The van der Waals surface area contributed by atoms with Gasteiger partial charge in [0.25, 0.3) is 0 Å². The van der Waals surface area contributed by atoms with E-state index in [4.69, 9.17) is 5.73 Å². The van der Waals surface area contributed by atoms with E-state index in [0.717, 1.165) is 0 Å². The summed E-state index contributed by atoms with van der Waals surface area (Å²) in [6, 6.07) is 12.6. The third-order valence-electron chi connectivity index (χ3n) is 1.60. The normalized spacial score (nSPS) is 8.35. The van der Waals surface area contributed by atoms with Crippen LogP contribution in [0, 0.1) is 0 Å². The molecule has 4 heteroatoms. The Morgan fingerprint density at radius 2 is 1.41 bits per heavy atom. The number of hydrogen-bond acceptors (Lipinski definition) is 3. The van der Waals surface area contributed by atoms with Crippen molar-refractivity contribution in [1.29, 1.82) is 0 Å². The summed E-state index contributed by atoms with van der Waals surface area (Å²) in [5.41, 5.74) is 4.90. The molecular formula is C13H25N3O. The lowest BCUT2D eigenvalue weighted by Gasteiger charge is -1.95. The van der Waals surface area contributed by atoms with Crippen molar-refractivity contribution in [2.75, 3.05) is 13.7 Å². The van der Waals surface area contributed by atoms with Gasteiger partial charge in [0.2, 0.25) is 5.91 Å². The Balaban J connectivity index is 0. The first-order valence-corrected chi connectivity index (χ1v) is 5.66. The lowest BCUT2D eigenvalue weighted by atomic mass is 10.4. The number of nitrogens with one attached hydrogen (secondary N) is 2. The minimum absolute atomic E-state index is 0.0856. The van der Waals surface area contributed by atoms with Gasteiger partial charge < -0.3 is 16.4 Å². The van der Waals surface area contributed by atoms with E-state index in [2.05, 4.69) is 24.5 Å². The molecule has 0 heterocycles. The minimum atomic E-state index is -0.0856. The zero-order valence-electron chi connectivity index (χ0n) is 11.2. The molecule has 0 aliphatic rings. The SMILES string of the molecule is CC(=O)NCN.CNC(C)C.c1ccccc1. The Labute approximate surface area is 105 Å². The molecular weight excluding hydrogens is 214 g/mol. The molecule has 0 aliphatic heterocycles. The number of rotatable bonds is 2. The van der Waals surface area contributed by atoms with Crippen molar-refractivity contribution in [2.45, 2.75) is 26.8 Å². The van der Waals surface area contributed by atoms with Gasteiger partial charge in [-0.15, -0.1) is 0 Å². The number of benzene rings is 1. The standard InChI is InChI=1S/C6H6.C4H11N.C3H8N2O/c1-2-4-6-5-3-1;1-4(2)5-3;1-3(6)5-2-4/h1-6H;4-5H,1-3H3;2,4H2,1H3,(H,5,6). The smallest absolute Gasteiger partial charge is 0.217 e. The predicted octanol–water partition coefficient (Wildman–Crippen LogP) is 1.34. The molecule has 0 atom stereocenters. The quantitative estimate of drug-likeness (QED) is 0.682. The Morgan fingerprint density at radius 1 is 1.12 bits per heavy atom. The fourth-order valence-electron chi connectivity index (χ4n) is 0.529. The number of hydrogen-bond donors (Lipinski definition) is 3. The van der Waals surface area contributed by atoms with Gasteiger partial charge in [0.15, 0.2) is 0 Å². The first kappa shape index (κ1) is 18.0. The Bertz CT molecular complexity index is 223. The second-order valence-electron chi connectivity index (χ2n) is 3.54. The Morgan fingerprint density at radius 3 is 1.47 bits per heavy atom. The van der Waals surface area contributed by atoms with E-state index in [1.165, 1.54) is 6.92 Å². The van der Waals surface area contributed by atoms with Crippen LogP contribution in [0.5, 0.6) is 0 Å². The molecule has 0 spiro atoms. The molecule has 1 aromatic rings. The monoisotopic (exact) mass is 239 g/mol. The number of carbonyl (C=O) groups excluding carboxylic acids is 1. The molecule has 0 aromatic heterocycles. The van der Waals surface area contributed by atoms with E-state index in [1.807, 2.05) is 43.4 Å². The van der Waals surface area contributed by atoms with E-state index in [9.17, 15) is 4.79 Å². The second-order valence-corrected chi connectivity index (χ2v) is 3.54. The molecule has 1 amide bonds. The van der Waals surface area contributed by atoms with Crippen molar-refractivity contribution in [2.24, 2.45) is 5.73 Å². The van der Waals surface area contributed by atoms with Gasteiger partial charge in [0.05, 0.1) is 6.67 Å². The molecule has 0 saturated heterocycles. The number of carbonyl (C=O) groups is 1. The van der Waals surface area contributed by atoms with Gasteiger partial charge in [-0.25, -0.2) is 0 Å². The van der Waals surface area contributed by atoms with E-state index >= 15 is 0 Å². The molecule has 1 rings (SSSR count). The average molecular weight is 239 g/mol. The van der Waals surface area contributed by atoms with Crippen molar-refractivity contribution in [3.63, 3.8) is 0 Å². The van der Waals surface area contributed by atoms with E-state index in [0.29, 0.717) is 6.04 Å². The zero-order chi connectivity index (χ0) is 13.5. The number of amides is 1. The number of nitrogens with two attached hydrogens (primary N) is 1. The van der Waals surface area contributed by atoms with Gasteiger partial charge in [0.1, 0.15) is 0 Å². The Kier molecular flexibility index (Phi) is 15.5. The lowest BCUT2D eigenvalue weighted by molar-refractivity contribution is -0.118. The highest BCUT2D eigenvalue weighted by molar-refractivity contribution is 5.72. The molecule has 0 radical (unpaired) electrons. The average Bonchev–Trinajstić information content (AvgIpc) is 2.32. The van der Waals surface area contributed by atoms with Crippen LogP contribution in [0.25, 0.3) is 0 Å². The Hall–Kier alpha value is -1.39. The molecule has 0 unspecified atom stereocenters. The van der Waals surface area contributed by atoms with Crippen molar-refractivity contribution >= 4 is 5.91 Å². The fourth-order valence-corrected chi connectivity index (χ4v) is 0.529. The van der Waals surface area contributed by atoms with E-state index in [1.54, 1.807) is 0 Å². The predicted molar refractivity (Wildman–Crippen MR) is 73.5 cm³/mol. The summed E-state index contributed by atoms with van der Waals surface area (Å²) in [7, 11) is 1.95. The van der Waals surface area contributed by atoms with Crippen LogP contribution < -0.4 is 16.4 Å². The fraction of sp³-hybridized carbons (Fsp3) is 0.462. The lowest BCUT2D eigenvalue weighted by Crippen LogP contribution is -2.26. The van der Waals surface area contributed by atoms with Gasteiger partial charge in [0, 0.05) is 13.0 Å². The molecule has 17 heavy (non-hydrogen) atoms. The first-order valence-electron chi connectivity index (χ1n) is 5.66. The van der Waals surface area contributed by atoms with Crippen LogP contribution in [0.2, 0.25) is 0 Å². The summed E-state index contributed by atoms with van der Waals surface area (Å²) in [6.07, 6.45) is 0. The summed E-state index contributed by atoms with van der Waals surface area (Å²) < 4.78 is 0. The highest BCUT2D eigenvalue weighted by Crippen LogP contribution is 1.79. The summed E-state index contributed by atoms with van der Waals surface area (Å²) in [5.74, 6) is -0.0856. The van der Waals surface area contributed by atoms with Crippen LogP contribution in [0.3, 0.4) is 0 Å². The molecule has 0 saturated carbocycles. The summed E-state index contributed by atoms with van der Waals surface area (Å²) in [6.45, 7) is 5.88. The van der Waals surface area contributed by atoms with Gasteiger partial charge in [-0.1, -0.05) is 50.2 Å². The molecule has 1 aromatic carbocycles. The van der Waals surface area contributed by atoms with Gasteiger partial charge in [-0.3, -0.25) is 4.79 Å². The van der Waals surface area contributed by atoms with Crippen molar-refractivity contribution in [1.82, 2.24) is 10.6 Å². The van der Waals surface area contributed by atoms with Gasteiger partial charge >= 0.3 is 0 Å². The second kappa shape index (κ2) is 14.6. The van der Waals surface area contributed by atoms with Crippen LogP contribution in [-0.2, 0) is 4.79 Å². The molecule has 0 bridgehead atoms. The van der Waals surface area contributed by atoms with Gasteiger partial charge in [-0.05, 0) is 7.05 Å². The summed E-state index contributed by atoms with van der Waals surface area (Å²) in [4.78, 5) is 9.85. The van der Waals surface area contributed by atoms with Crippen LogP contribution in [0.4, 0.5) is 0 Å². The third kappa shape index (κ3) is 25.2.